The monoisotopic (exact) mass is 439 g/mol. The molecule has 0 atom stereocenters. The summed E-state index contributed by atoms with van der Waals surface area (Å²) in [7, 11) is 3.74. The van der Waals surface area contributed by atoms with Crippen LogP contribution in [-0.2, 0) is 7.05 Å². The Bertz CT molecular complexity index is 1250. The van der Waals surface area contributed by atoms with Gasteiger partial charge in [-0.25, -0.2) is 0 Å². The van der Waals surface area contributed by atoms with Crippen LogP contribution in [0.4, 0.5) is 5.69 Å². The van der Waals surface area contributed by atoms with Gasteiger partial charge in [-0.2, -0.15) is 0 Å². The average molecular weight is 440 g/mol. The van der Waals surface area contributed by atoms with Crippen molar-refractivity contribution in [3.05, 3.63) is 84.4 Å². The number of benzene rings is 3. The Kier molecular flexibility index (Phi) is 5.88. The van der Waals surface area contributed by atoms with E-state index in [4.69, 9.17) is 4.74 Å². The topological polar surface area (TPSA) is 37.7 Å². The molecular weight excluding hydrogens is 410 g/mol. The molecule has 0 amide bonds. The first-order valence-corrected chi connectivity index (χ1v) is 11.4. The number of hydrogen-bond donors (Lipinski definition) is 0. The van der Waals surface area contributed by atoms with Crippen LogP contribution in [0.25, 0.3) is 22.2 Å². The fourth-order valence-corrected chi connectivity index (χ4v) is 4.85. The number of nitrogens with zero attached hydrogens (tertiary/aromatic N) is 3. The van der Waals surface area contributed by atoms with Gasteiger partial charge in [0.15, 0.2) is 5.78 Å². The number of aryl methyl sites for hydroxylation is 1. The highest BCUT2D eigenvalue weighted by molar-refractivity contribution is 6.14. The van der Waals surface area contributed by atoms with Crippen LogP contribution in [0.5, 0.6) is 5.75 Å². The van der Waals surface area contributed by atoms with E-state index >= 15 is 0 Å². The zero-order valence-corrected chi connectivity index (χ0v) is 19.2. The third-order valence-electron chi connectivity index (χ3n) is 6.61. The highest BCUT2D eigenvalue weighted by Crippen LogP contribution is 2.33. The first-order valence-electron chi connectivity index (χ1n) is 11.4. The van der Waals surface area contributed by atoms with Crippen molar-refractivity contribution in [3.63, 3.8) is 0 Å². The highest BCUT2D eigenvalue weighted by atomic mass is 16.5. The molecular formula is C28H29N3O2. The summed E-state index contributed by atoms with van der Waals surface area (Å²) in [6.07, 6.45) is 0. The lowest BCUT2D eigenvalue weighted by Gasteiger charge is -2.35. The van der Waals surface area contributed by atoms with Crippen molar-refractivity contribution in [2.45, 2.75) is 0 Å². The van der Waals surface area contributed by atoms with Crippen LogP contribution in [0, 0.1) is 0 Å². The third kappa shape index (κ3) is 4.12. The average Bonchev–Trinajstić information content (AvgIpc) is 3.18. The lowest BCUT2D eigenvalue weighted by Crippen LogP contribution is -2.48. The summed E-state index contributed by atoms with van der Waals surface area (Å²) in [5.41, 5.74) is 5.19. The fraction of sp³-hybridized carbons (Fsp3) is 0.250. The van der Waals surface area contributed by atoms with Crippen molar-refractivity contribution in [1.29, 1.82) is 0 Å². The van der Waals surface area contributed by atoms with Gasteiger partial charge in [0, 0.05) is 49.8 Å². The second-order valence-electron chi connectivity index (χ2n) is 8.55. The Morgan fingerprint density at radius 1 is 0.848 bits per heavy atom. The van der Waals surface area contributed by atoms with Crippen LogP contribution in [0.2, 0.25) is 0 Å². The van der Waals surface area contributed by atoms with Gasteiger partial charge in [0.25, 0.3) is 0 Å². The van der Waals surface area contributed by atoms with E-state index in [2.05, 4.69) is 57.8 Å². The number of aromatic nitrogens is 1. The summed E-state index contributed by atoms with van der Waals surface area (Å²) in [6, 6.07) is 26.6. The maximum Gasteiger partial charge on any atom is 0.179 e. The second kappa shape index (κ2) is 9.12. The molecule has 1 saturated heterocycles. The van der Waals surface area contributed by atoms with E-state index in [0.29, 0.717) is 6.54 Å². The van der Waals surface area contributed by atoms with Crippen LogP contribution in [0.15, 0.2) is 78.9 Å². The van der Waals surface area contributed by atoms with Gasteiger partial charge in [-0.3, -0.25) is 9.69 Å². The van der Waals surface area contributed by atoms with E-state index < -0.39 is 0 Å². The Hall–Kier alpha value is -3.57. The lowest BCUT2D eigenvalue weighted by atomic mass is 10.0. The van der Waals surface area contributed by atoms with Gasteiger partial charge in [0.05, 0.1) is 24.9 Å². The number of ether oxygens (including phenoxy) is 1. The largest absolute Gasteiger partial charge is 0.497 e. The van der Waals surface area contributed by atoms with Crippen molar-refractivity contribution in [3.8, 4) is 17.0 Å². The van der Waals surface area contributed by atoms with Gasteiger partial charge >= 0.3 is 0 Å². The molecule has 5 nitrogen and oxygen atoms in total. The molecule has 1 aliphatic rings. The molecule has 0 N–H and O–H groups in total. The number of rotatable bonds is 6. The van der Waals surface area contributed by atoms with E-state index in [1.807, 2.05) is 42.5 Å². The third-order valence-corrected chi connectivity index (χ3v) is 6.61. The zero-order chi connectivity index (χ0) is 22.8. The Morgan fingerprint density at radius 2 is 1.52 bits per heavy atom. The number of Topliss-reactive ketones (excluding diaryl/α,β-unsaturated/α-hetero) is 1. The van der Waals surface area contributed by atoms with Crippen molar-refractivity contribution in [2.75, 3.05) is 44.7 Å². The van der Waals surface area contributed by atoms with E-state index in [0.717, 1.165) is 59.7 Å². The van der Waals surface area contributed by atoms with Crippen molar-refractivity contribution in [2.24, 2.45) is 7.05 Å². The first kappa shape index (κ1) is 21.3. The molecule has 0 aliphatic carbocycles. The molecule has 0 saturated carbocycles. The maximum atomic E-state index is 13.7. The number of para-hydroxylation sites is 1. The van der Waals surface area contributed by atoms with E-state index in [1.165, 1.54) is 5.69 Å². The van der Waals surface area contributed by atoms with Gasteiger partial charge in [-0.15, -0.1) is 0 Å². The van der Waals surface area contributed by atoms with Crippen LogP contribution in [0.3, 0.4) is 0 Å². The van der Waals surface area contributed by atoms with Crippen molar-refractivity contribution in [1.82, 2.24) is 9.47 Å². The standard InChI is InChI=1S/C28H29N3O2/c1-29-25-11-7-6-10-24(25)27(28(29)21-8-4-3-5-9-21)26(32)20-30-16-18-31(19-17-30)22-12-14-23(33-2)15-13-22/h3-15H,16-20H2,1-2H3. The zero-order valence-electron chi connectivity index (χ0n) is 19.2. The van der Waals surface area contributed by atoms with Crippen LogP contribution in [-0.4, -0.2) is 55.1 Å². The number of ketones is 1. The summed E-state index contributed by atoms with van der Waals surface area (Å²) in [6.45, 7) is 3.97. The molecule has 1 aliphatic heterocycles. The summed E-state index contributed by atoms with van der Waals surface area (Å²) >= 11 is 0. The van der Waals surface area contributed by atoms with Crippen LogP contribution < -0.4 is 9.64 Å². The predicted octanol–water partition coefficient (Wildman–Crippen LogP) is 4.86. The molecule has 0 spiro atoms. The minimum atomic E-state index is 0.184. The number of methoxy groups -OCH3 is 1. The van der Waals surface area contributed by atoms with E-state index in [9.17, 15) is 4.79 Å². The SMILES string of the molecule is COc1ccc(N2CCN(CC(=O)c3c(-c4ccccc4)n(C)c4ccccc34)CC2)cc1. The molecule has 4 aromatic rings. The second-order valence-corrected chi connectivity index (χ2v) is 8.55. The molecule has 3 aromatic carbocycles. The summed E-state index contributed by atoms with van der Waals surface area (Å²) < 4.78 is 7.42. The number of anilines is 1. The van der Waals surface area contributed by atoms with Gasteiger partial charge in [0.1, 0.15) is 5.75 Å². The van der Waals surface area contributed by atoms with Crippen LogP contribution in [0.1, 0.15) is 10.4 Å². The van der Waals surface area contributed by atoms with Gasteiger partial charge in [-0.05, 0) is 35.9 Å². The van der Waals surface area contributed by atoms with Gasteiger partial charge in [-0.1, -0.05) is 48.5 Å². The summed E-state index contributed by atoms with van der Waals surface area (Å²) in [5.74, 6) is 1.05. The molecule has 1 aromatic heterocycles. The minimum absolute atomic E-state index is 0.184. The molecule has 33 heavy (non-hydrogen) atoms. The molecule has 0 unspecified atom stereocenters. The van der Waals surface area contributed by atoms with E-state index in [1.54, 1.807) is 7.11 Å². The summed E-state index contributed by atoms with van der Waals surface area (Å²) in [4.78, 5) is 18.3. The van der Waals surface area contributed by atoms with Crippen molar-refractivity contribution < 1.29 is 9.53 Å². The number of fused-ring (bicyclic) bond motifs is 1. The smallest absolute Gasteiger partial charge is 0.179 e. The number of carbonyl (C=O) groups excluding carboxylic acids is 1. The molecule has 5 rings (SSSR count). The lowest BCUT2D eigenvalue weighted by molar-refractivity contribution is 0.0928. The molecule has 168 valence electrons. The normalized spacial score (nSPS) is 14.5. The Morgan fingerprint density at radius 3 is 2.21 bits per heavy atom. The van der Waals surface area contributed by atoms with Crippen LogP contribution >= 0.6 is 0 Å². The van der Waals surface area contributed by atoms with Crippen molar-refractivity contribution >= 4 is 22.4 Å². The highest BCUT2D eigenvalue weighted by Gasteiger charge is 2.25. The molecule has 0 bridgehead atoms. The van der Waals surface area contributed by atoms with Gasteiger partial charge < -0.3 is 14.2 Å². The minimum Gasteiger partial charge on any atom is -0.497 e. The molecule has 5 heteroatoms. The number of carbonyl (C=O) groups is 1. The molecule has 1 fully saturated rings. The van der Waals surface area contributed by atoms with E-state index in [-0.39, 0.29) is 5.78 Å². The maximum absolute atomic E-state index is 13.7. The fourth-order valence-electron chi connectivity index (χ4n) is 4.85. The Balaban J connectivity index is 1.36. The molecule has 0 radical (unpaired) electrons. The summed E-state index contributed by atoms with van der Waals surface area (Å²) in [5, 5.41) is 1.03. The molecule has 2 heterocycles. The number of piperazine rings is 1. The van der Waals surface area contributed by atoms with Gasteiger partial charge in [0.2, 0.25) is 0 Å². The quantitative estimate of drug-likeness (QED) is 0.402. The predicted molar refractivity (Wildman–Crippen MR) is 134 cm³/mol. The number of hydrogen-bond acceptors (Lipinski definition) is 4. The first-order chi connectivity index (χ1) is 16.2. The Labute approximate surface area is 194 Å².